The van der Waals surface area contributed by atoms with Crippen LogP contribution < -0.4 is 9.50 Å². The minimum absolute atomic E-state index is 0.127. The number of nitrogens with one attached hydrogen (secondary N) is 1. The maximum absolute atomic E-state index is 14.2. The lowest BCUT2D eigenvalue weighted by molar-refractivity contribution is -0.433. The Kier molecular flexibility index (Phi) is 10.2. The number of benzene rings is 2. The lowest BCUT2D eigenvalue weighted by atomic mass is 9.98. The number of carbonyl (C=O) groups is 2. The van der Waals surface area contributed by atoms with E-state index in [9.17, 15) is 80.2 Å². The Morgan fingerprint density at radius 2 is 1.13 bits per heavy atom. The maximum Gasteiger partial charge on any atom is 0.460 e. The van der Waals surface area contributed by atoms with Crippen LogP contribution in [0.4, 0.5) is 62.8 Å². The van der Waals surface area contributed by atoms with Crippen molar-refractivity contribution in [2.75, 3.05) is 5.32 Å². The molecule has 0 unspecified atom stereocenters. The number of hydrogen-bond donors (Lipinski definition) is 2. The third kappa shape index (κ3) is 6.12. The van der Waals surface area contributed by atoms with Crippen LogP contribution in [0.15, 0.2) is 24.3 Å². The largest absolute Gasteiger partial charge is 0.478 e. The molecule has 0 aliphatic carbocycles. The molecular weight excluding hydrogens is 771 g/mol. The quantitative estimate of drug-likeness (QED) is 0.108. The van der Waals surface area contributed by atoms with E-state index in [0.29, 0.717) is 6.07 Å². The number of carboxylic acid groups (broad SMARTS) is 1. The van der Waals surface area contributed by atoms with Gasteiger partial charge in [0.15, 0.2) is 0 Å². The van der Waals surface area contributed by atoms with Crippen molar-refractivity contribution in [3.8, 4) is 5.75 Å². The van der Waals surface area contributed by atoms with Crippen molar-refractivity contribution in [3.63, 3.8) is 0 Å². The van der Waals surface area contributed by atoms with E-state index >= 15 is 0 Å². The number of amides is 1. The molecule has 0 spiro atoms. The summed E-state index contributed by atoms with van der Waals surface area (Å²) in [5, 5.41) is 0.505. The summed E-state index contributed by atoms with van der Waals surface area (Å²) in [6, 6.07) is 1.68. The lowest BCUT2D eigenvalue weighted by Crippen LogP contribution is -2.71. The van der Waals surface area contributed by atoms with Crippen molar-refractivity contribution >= 4 is 74.1 Å². The van der Waals surface area contributed by atoms with Crippen LogP contribution in [0.1, 0.15) is 20.7 Å². The molecule has 0 heterocycles. The highest BCUT2D eigenvalue weighted by molar-refractivity contribution is 7.88. The van der Waals surface area contributed by atoms with Crippen molar-refractivity contribution in [1.82, 2.24) is 0 Å². The molecule has 0 fully saturated rings. The molecule has 2 rings (SSSR count). The first-order chi connectivity index (χ1) is 19.9. The normalized spacial score (nSPS) is 13.9. The third-order valence-electron chi connectivity index (χ3n) is 5.22. The topological polar surface area (TPSA) is 110 Å². The van der Waals surface area contributed by atoms with E-state index in [1.807, 2.05) is 0 Å². The minimum Gasteiger partial charge on any atom is -0.478 e. The van der Waals surface area contributed by atoms with E-state index in [0.717, 1.165) is 6.07 Å². The third-order valence-corrected chi connectivity index (χ3v) is 8.32. The van der Waals surface area contributed by atoms with E-state index in [1.165, 1.54) is 0 Å². The first kappa shape index (κ1) is 38.6. The van der Waals surface area contributed by atoms with Gasteiger partial charge in [0.25, 0.3) is 5.91 Å². The van der Waals surface area contributed by atoms with Crippen LogP contribution in [-0.2, 0) is 10.1 Å². The zero-order valence-corrected chi connectivity index (χ0v) is 24.0. The van der Waals surface area contributed by atoms with Gasteiger partial charge in [-0.05, 0) is 12.1 Å². The molecule has 0 aliphatic heterocycles. The predicted molar refractivity (Wildman–Crippen MR) is 128 cm³/mol. The van der Waals surface area contributed by atoms with E-state index in [1.54, 1.807) is 5.32 Å². The van der Waals surface area contributed by atoms with Gasteiger partial charge in [0.2, 0.25) is 0 Å². The van der Waals surface area contributed by atoms with Crippen LogP contribution in [0.3, 0.4) is 0 Å². The van der Waals surface area contributed by atoms with Gasteiger partial charge in [0.1, 0.15) is 5.75 Å². The molecule has 0 saturated heterocycles. The Labute approximate surface area is 259 Å². The van der Waals surface area contributed by atoms with Crippen molar-refractivity contribution in [2.24, 2.45) is 0 Å². The first-order valence-corrected chi connectivity index (χ1v) is 13.2. The van der Waals surface area contributed by atoms with E-state index in [4.69, 9.17) is 46.4 Å². The van der Waals surface area contributed by atoms with Gasteiger partial charge in [-0.3, -0.25) is 4.79 Å². The Bertz CT molecular complexity index is 1650. The van der Waals surface area contributed by atoms with Gasteiger partial charge in [-0.15, -0.1) is 0 Å². The monoisotopic (exact) mass is 775 g/mol. The lowest BCUT2D eigenvalue weighted by Gasteiger charge is -2.38. The molecule has 0 radical (unpaired) electrons. The maximum atomic E-state index is 14.2. The van der Waals surface area contributed by atoms with Gasteiger partial charge in [0, 0.05) is 11.8 Å². The van der Waals surface area contributed by atoms with Crippen molar-refractivity contribution in [1.29, 1.82) is 0 Å². The highest BCUT2D eigenvalue weighted by Crippen LogP contribution is 2.61. The molecule has 0 aromatic heterocycles. The second-order valence-electron chi connectivity index (χ2n) is 8.14. The molecule has 2 aromatic rings. The SMILES string of the molecule is O=C(O)c1c(Cl)c(Cl)c(Cl)c(Cl)c1C(=O)Nc1cccc(OS(=O)(=O)C(F)(F)C(F)(F)C(F)(F)C(F)(F)C(F)(F)C(F)(F)F)c1. The van der Waals surface area contributed by atoms with Crippen LogP contribution in [0.2, 0.25) is 20.1 Å². The fourth-order valence-corrected chi connectivity index (χ4v) is 4.88. The summed E-state index contributed by atoms with van der Waals surface area (Å²) in [4.78, 5) is 24.3. The standard InChI is InChI=1S/C20H6Cl4F13NO6S/c21-9-7(8(14(40)41)10(22)12(24)11(9)23)13(39)38-5-2-1-3-6(4-5)44-45(42,43)20(36,37)18(31,32)16(27,28)15(25,26)17(29,30)19(33,34)35/h1-4H,(H,38,39)(H,40,41). The molecule has 2 aromatic carbocycles. The number of alkyl halides is 13. The van der Waals surface area contributed by atoms with Gasteiger partial charge >= 0.3 is 51.2 Å². The zero-order chi connectivity index (χ0) is 35.5. The summed E-state index contributed by atoms with van der Waals surface area (Å²) in [5.74, 6) is -38.2. The molecule has 2 N–H and O–H groups in total. The molecule has 45 heavy (non-hydrogen) atoms. The number of aromatic carboxylic acids is 1. The Balaban J connectivity index is 2.52. The van der Waals surface area contributed by atoms with Crippen molar-refractivity contribution in [2.45, 2.75) is 35.1 Å². The van der Waals surface area contributed by atoms with Crippen LogP contribution in [0.25, 0.3) is 0 Å². The number of halogens is 17. The van der Waals surface area contributed by atoms with Gasteiger partial charge in [-0.2, -0.15) is 65.5 Å². The highest BCUT2D eigenvalue weighted by Gasteiger charge is 2.93. The predicted octanol–water partition coefficient (Wildman–Crippen LogP) is 8.66. The summed E-state index contributed by atoms with van der Waals surface area (Å²) in [5.41, 5.74) is -2.91. The molecule has 0 aliphatic rings. The van der Waals surface area contributed by atoms with Gasteiger partial charge in [-0.25, -0.2) is 4.79 Å². The van der Waals surface area contributed by atoms with E-state index in [-0.39, 0.29) is 12.1 Å². The van der Waals surface area contributed by atoms with E-state index < -0.39 is 99.8 Å². The summed E-state index contributed by atoms with van der Waals surface area (Å²) in [6.07, 6.45) is -7.72. The summed E-state index contributed by atoms with van der Waals surface area (Å²) in [7, 11) is -7.72. The van der Waals surface area contributed by atoms with Gasteiger partial charge in [-0.1, -0.05) is 52.5 Å². The van der Waals surface area contributed by atoms with Crippen LogP contribution >= 0.6 is 46.4 Å². The Morgan fingerprint density at radius 1 is 0.689 bits per heavy atom. The molecule has 0 bridgehead atoms. The number of hydrogen-bond acceptors (Lipinski definition) is 5. The summed E-state index contributed by atoms with van der Waals surface area (Å²) in [6.45, 7) is 0. The molecule has 25 heteroatoms. The Hall–Kier alpha value is -2.62. The molecule has 1 amide bonds. The molecule has 252 valence electrons. The molecule has 7 nitrogen and oxygen atoms in total. The zero-order valence-electron chi connectivity index (χ0n) is 20.1. The molecular formula is C20H6Cl4F13NO6S. The van der Waals surface area contributed by atoms with Crippen molar-refractivity contribution < 1.29 is 84.4 Å². The number of anilines is 1. The smallest absolute Gasteiger partial charge is 0.460 e. The van der Waals surface area contributed by atoms with Crippen LogP contribution in [0.5, 0.6) is 5.75 Å². The average Bonchev–Trinajstić information content (AvgIpc) is 2.87. The van der Waals surface area contributed by atoms with E-state index in [2.05, 4.69) is 4.18 Å². The second-order valence-corrected chi connectivity index (χ2v) is 11.2. The fraction of sp³-hybridized carbons (Fsp3) is 0.300. The first-order valence-electron chi connectivity index (χ1n) is 10.3. The van der Waals surface area contributed by atoms with Crippen molar-refractivity contribution in [3.05, 3.63) is 55.5 Å². The summed E-state index contributed by atoms with van der Waals surface area (Å²) < 4.78 is 201. The number of carboxylic acids is 1. The van der Waals surface area contributed by atoms with Gasteiger partial charge < -0.3 is 14.6 Å². The number of rotatable bonds is 10. The fourth-order valence-electron chi connectivity index (χ4n) is 2.96. The highest BCUT2D eigenvalue weighted by atomic mass is 35.5. The van der Waals surface area contributed by atoms with Crippen LogP contribution in [-0.4, -0.2) is 60.5 Å². The van der Waals surface area contributed by atoms with Gasteiger partial charge in [0.05, 0.1) is 31.2 Å². The number of carbonyl (C=O) groups excluding carboxylic acids is 1. The Morgan fingerprint density at radius 3 is 1.58 bits per heavy atom. The minimum atomic E-state index is -8.42. The molecule has 0 saturated carbocycles. The summed E-state index contributed by atoms with van der Waals surface area (Å²) >= 11 is 23.0. The average molecular weight is 777 g/mol. The van der Waals surface area contributed by atoms with Crippen LogP contribution in [0, 0.1) is 0 Å². The second kappa shape index (κ2) is 11.9. The molecule has 0 atom stereocenters.